The van der Waals surface area contributed by atoms with Crippen LogP contribution in [-0.2, 0) is 19.1 Å². The minimum absolute atomic E-state index is 0.0365. The number of carbonyl (C=O) groups is 2. The van der Waals surface area contributed by atoms with Crippen LogP contribution in [-0.4, -0.2) is 48.1 Å². The molecular formula is C22H20Cl2FN3O5S. The van der Waals surface area contributed by atoms with Crippen LogP contribution in [0.4, 0.5) is 4.39 Å². The van der Waals surface area contributed by atoms with Crippen LogP contribution in [0.5, 0.6) is 0 Å². The Morgan fingerprint density at radius 2 is 1.91 bits per heavy atom. The summed E-state index contributed by atoms with van der Waals surface area (Å²) in [4.78, 5) is 44.2. The Morgan fingerprint density at radius 1 is 1.18 bits per heavy atom. The number of thioether (sulfide) groups is 1. The van der Waals surface area contributed by atoms with E-state index in [1.807, 2.05) is 0 Å². The number of methoxy groups -OCH3 is 1. The number of nitrogens with one attached hydrogen (secondary N) is 2. The number of carbonyl (C=O) groups excluding carboxylic acids is 2. The van der Waals surface area contributed by atoms with Gasteiger partial charge in [-0.2, -0.15) is 0 Å². The largest absolute Gasteiger partial charge is 0.466 e. The maximum atomic E-state index is 14.2. The van der Waals surface area contributed by atoms with Crippen molar-refractivity contribution in [3.05, 3.63) is 79.0 Å². The molecule has 8 nitrogen and oxygen atoms in total. The summed E-state index contributed by atoms with van der Waals surface area (Å²) in [5.74, 6) is -2.64. The first-order chi connectivity index (χ1) is 16.3. The molecule has 0 bridgehead atoms. The highest BCUT2D eigenvalue weighted by Gasteiger charge is 2.40. The topological polar surface area (TPSA) is 110 Å². The summed E-state index contributed by atoms with van der Waals surface area (Å²) in [6, 6.07) is 6.00. The number of allylic oxidation sites excluding steroid dienone is 1. The van der Waals surface area contributed by atoms with E-state index in [9.17, 15) is 18.8 Å². The second kappa shape index (κ2) is 11.5. The van der Waals surface area contributed by atoms with Crippen LogP contribution in [0.25, 0.3) is 0 Å². The highest BCUT2D eigenvalue weighted by atomic mass is 35.5. The van der Waals surface area contributed by atoms with E-state index in [0.29, 0.717) is 5.56 Å². The van der Waals surface area contributed by atoms with Crippen molar-refractivity contribution in [3.63, 3.8) is 0 Å². The molecule has 0 radical (unpaired) electrons. The quantitative estimate of drug-likeness (QED) is 0.303. The second-order valence-corrected chi connectivity index (χ2v) is 8.61. The average Bonchev–Trinajstić information content (AvgIpc) is 2.83. The predicted octanol–water partition coefficient (Wildman–Crippen LogP) is 3.77. The van der Waals surface area contributed by atoms with Crippen LogP contribution in [0.2, 0.25) is 10.0 Å². The molecule has 180 valence electrons. The molecule has 1 atom stereocenters. The van der Waals surface area contributed by atoms with Gasteiger partial charge in [0.15, 0.2) is 5.16 Å². The lowest BCUT2D eigenvalue weighted by atomic mass is 9.80. The van der Waals surface area contributed by atoms with Crippen molar-refractivity contribution < 1.29 is 23.5 Å². The second-order valence-electron chi connectivity index (χ2n) is 6.86. The van der Waals surface area contributed by atoms with Gasteiger partial charge in [-0.15, -0.1) is 0 Å². The maximum Gasteiger partial charge on any atom is 0.336 e. The first-order valence-electron chi connectivity index (χ1n) is 9.98. The zero-order valence-electron chi connectivity index (χ0n) is 18.1. The van der Waals surface area contributed by atoms with Crippen LogP contribution in [0, 0.1) is 0 Å². The lowest BCUT2D eigenvalue weighted by molar-refractivity contribution is -0.139. The SMILES string of the molecule is CCOC(=O)C1=C(CSc2nccc(=O)[nH]2)NC(CF)=C(C(=O)OC)C1c1cccc(Cl)c1Cl. The highest BCUT2D eigenvalue weighted by Crippen LogP contribution is 2.44. The molecular weight excluding hydrogens is 508 g/mol. The van der Waals surface area contributed by atoms with Gasteiger partial charge in [-0.05, 0) is 18.6 Å². The normalized spacial score (nSPS) is 15.7. The van der Waals surface area contributed by atoms with Gasteiger partial charge in [0.2, 0.25) is 0 Å². The molecule has 2 aromatic rings. The van der Waals surface area contributed by atoms with Crippen molar-refractivity contribution >= 4 is 46.9 Å². The number of benzene rings is 1. The first kappa shape index (κ1) is 25.8. The van der Waals surface area contributed by atoms with Crippen molar-refractivity contribution in [1.82, 2.24) is 15.3 Å². The fourth-order valence-corrected chi connectivity index (χ4v) is 4.68. The third-order valence-corrected chi connectivity index (χ3v) is 6.60. The molecule has 0 saturated carbocycles. The fraction of sp³-hybridized carbons (Fsp3) is 0.273. The number of H-pyrrole nitrogens is 1. The summed E-state index contributed by atoms with van der Waals surface area (Å²) in [5, 5.41) is 3.41. The van der Waals surface area contributed by atoms with Crippen molar-refractivity contribution in [3.8, 4) is 0 Å². The number of hydrogen-bond donors (Lipinski definition) is 2. The van der Waals surface area contributed by atoms with Gasteiger partial charge < -0.3 is 19.8 Å². The van der Waals surface area contributed by atoms with E-state index in [1.165, 1.54) is 12.3 Å². The number of esters is 2. The van der Waals surface area contributed by atoms with Crippen LogP contribution in [0.15, 0.2) is 63.0 Å². The molecule has 1 aliphatic heterocycles. The smallest absolute Gasteiger partial charge is 0.336 e. The first-order valence-corrected chi connectivity index (χ1v) is 11.7. The minimum Gasteiger partial charge on any atom is -0.466 e. The molecule has 1 aliphatic rings. The van der Waals surface area contributed by atoms with Crippen molar-refractivity contribution in [1.29, 1.82) is 0 Å². The highest BCUT2D eigenvalue weighted by molar-refractivity contribution is 7.99. The van der Waals surface area contributed by atoms with Crippen LogP contribution >= 0.6 is 35.0 Å². The minimum atomic E-state index is -1.12. The van der Waals surface area contributed by atoms with Crippen molar-refractivity contribution in [2.45, 2.75) is 18.0 Å². The lowest BCUT2D eigenvalue weighted by Crippen LogP contribution is -2.35. The van der Waals surface area contributed by atoms with Gasteiger partial charge in [-0.25, -0.2) is 19.0 Å². The number of dihydropyridines is 1. The number of nitrogens with zero attached hydrogens (tertiary/aromatic N) is 1. The molecule has 0 saturated heterocycles. The molecule has 12 heteroatoms. The Hall–Kier alpha value is -2.82. The summed E-state index contributed by atoms with van der Waals surface area (Å²) in [5.41, 5.74) is 0.0300. The molecule has 2 N–H and O–H groups in total. The summed E-state index contributed by atoms with van der Waals surface area (Å²) >= 11 is 13.8. The van der Waals surface area contributed by atoms with E-state index in [2.05, 4.69) is 15.3 Å². The number of aromatic nitrogens is 2. The molecule has 2 heterocycles. The Bertz CT molecular complexity index is 1230. The summed E-state index contributed by atoms with van der Waals surface area (Å²) < 4.78 is 24.3. The number of aromatic amines is 1. The van der Waals surface area contributed by atoms with E-state index in [4.69, 9.17) is 32.7 Å². The zero-order valence-corrected chi connectivity index (χ0v) is 20.4. The molecule has 0 spiro atoms. The van der Waals surface area contributed by atoms with E-state index in [-0.39, 0.29) is 55.7 Å². The average molecular weight is 528 g/mol. The summed E-state index contributed by atoms with van der Waals surface area (Å²) in [7, 11) is 1.15. The Labute approximate surface area is 208 Å². The van der Waals surface area contributed by atoms with Crippen LogP contribution in [0.1, 0.15) is 18.4 Å². The van der Waals surface area contributed by atoms with E-state index in [0.717, 1.165) is 18.9 Å². The van der Waals surface area contributed by atoms with E-state index in [1.54, 1.807) is 25.1 Å². The molecule has 0 amide bonds. The lowest BCUT2D eigenvalue weighted by Gasteiger charge is -2.32. The van der Waals surface area contributed by atoms with Gasteiger partial charge in [0.1, 0.15) is 6.67 Å². The molecule has 1 aromatic heterocycles. The third-order valence-electron chi connectivity index (χ3n) is 4.86. The number of halogens is 3. The number of ether oxygens (including phenoxy) is 2. The number of alkyl halides is 1. The van der Waals surface area contributed by atoms with Crippen LogP contribution in [0.3, 0.4) is 0 Å². The van der Waals surface area contributed by atoms with Crippen LogP contribution < -0.4 is 10.9 Å². The Morgan fingerprint density at radius 3 is 2.56 bits per heavy atom. The van der Waals surface area contributed by atoms with Gasteiger partial charge >= 0.3 is 11.9 Å². The zero-order chi connectivity index (χ0) is 24.8. The van der Waals surface area contributed by atoms with E-state index < -0.39 is 24.5 Å². The van der Waals surface area contributed by atoms with Gasteiger partial charge in [0.05, 0.1) is 46.5 Å². The Balaban J connectivity index is 2.22. The Kier molecular flexibility index (Phi) is 8.76. The maximum absolute atomic E-state index is 14.2. The molecule has 3 rings (SSSR count). The molecule has 1 unspecified atom stereocenters. The monoisotopic (exact) mass is 527 g/mol. The fourth-order valence-electron chi connectivity index (χ4n) is 3.45. The van der Waals surface area contributed by atoms with E-state index >= 15 is 0 Å². The predicted molar refractivity (Wildman–Crippen MR) is 127 cm³/mol. The van der Waals surface area contributed by atoms with Crippen molar-refractivity contribution in [2.75, 3.05) is 26.1 Å². The molecule has 34 heavy (non-hydrogen) atoms. The third kappa shape index (κ3) is 5.45. The van der Waals surface area contributed by atoms with Gasteiger partial charge in [0, 0.05) is 23.7 Å². The number of hydrogen-bond acceptors (Lipinski definition) is 8. The molecule has 0 aliphatic carbocycles. The summed E-state index contributed by atoms with van der Waals surface area (Å²) in [6.45, 7) is 0.635. The standard InChI is InChI=1S/C22H20Cl2FN3O5S/c1-3-33-21(31)18-14(10-34-22-26-8-7-15(29)28-22)27-13(9-25)17(20(30)32-2)16(18)11-5-4-6-12(23)19(11)24/h4-8,16,27H,3,9-10H2,1-2H3,(H,26,28,29). The van der Waals surface area contributed by atoms with Gasteiger partial charge in [0.25, 0.3) is 5.56 Å². The van der Waals surface area contributed by atoms with Crippen molar-refractivity contribution in [2.24, 2.45) is 0 Å². The summed E-state index contributed by atoms with van der Waals surface area (Å²) in [6.07, 6.45) is 1.34. The number of rotatable bonds is 8. The molecule has 1 aromatic carbocycles. The molecule has 0 fully saturated rings. The van der Waals surface area contributed by atoms with Gasteiger partial charge in [-0.3, -0.25) is 4.79 Å². The van der Waals surface area contributed by atoms with Gasteiger partial charge in [-0.1, -0.05) is 47.1 Å².